The number of fused-ring (bicyclic) bond motifs is 3. The number of benzene rings is 2. The summed E-state index contributed by atoms with van der Waals surface area (Å²) in [5.74, 6) is -0.0603. The zero-order chi connectivity index (χ0) is 22.8. The van der Waals surface area contributed by atoms with Crippen molar-refractivity contribution in [1.29, 1.82) is 0 Å². The van der Waals surface area contributed by atoms with E-state index in [2.05, 4.69) is 29.3 Å². The first-order valence-electron chi connectivity index (χ1n) is 11.7. The van der Waals surface area contributed by atoms with E-state index in [1.165, 1.54) is 11.6 Å². The van der Waals surface area contributed by atoms with E-state index in [1.54, 1.807) is 11.1 Å². The summed E-state index contributed by atoms with van der Waals surface area (Å²) in [5.41, 5.74) is 2.19. The van der Waals surface area contributed by atoms with Gasteiger partial charge in [-0.05, 0) is 30.4 Å². The van der Waals surface area contributed by atoms with E-state index in [0.717, 1.165) is 37.7 Å². The maximum atomic E-state index is 13.6. The second kappa shape index (κ2) is 9.14. The summed E-state index contributed by atoms with van der Waals surface area (Å²) in [6.45, 7) is 0.232. The first kappa shape index (κ1) is 21.3. The summed E-state index contributed by atoms with van der Waals surface area (Å²) in [7, 11) is 1.84. The topological polar surface area (TPSA) is 54.8 Å². The predicted molar refractivity (Wildman–Crippen MR) is 128 cm³/mol. The van der Waals surface area contributed by atoms with Crippen LogP contribution in [0.15, 0.2) is 77.7 Å². The largest absolute Gasteiger partial charge is 0.482 e. The van der Waals surface area contributed by atoms with Gasteiger partial charge in [0.15, 0.2) is 11.4 Å². The molecule has 0 radical (unpaired) electrons. The Bertz CT molecular complexity index is 1180. The highest BCUT2D eigenvalue weighted by molar-refractivity contribution is 5.96. The molecule has 1 amide bonds. The molecule has 5 rings (SSSR count). The molecule has 170 valence electrons. The third-order valence-corrected chi connectivity index (χ3v) is 6.73. The normalized spacial score (nSPS) is 20.5. The van der Waals surface area contributed by atoms with Crippen molar-refractivity contribution in [2.75, 3.05) is 12.1 Å². The highest BCUT2D eigenvalue weighted by atomic mass is 16.5. The van der Waals surface area contributed by atoms with Crippen molar-refractivity contribution in [3.05, 3.63) is 100.0 Å². The van der Waals surface area contributed by atoms with Gasteiger partial charge in [0.1, 0.15) is 12.8 Å². The Morgan fingerprint density at radius 1 is 0.879 bits per heavy atom. The van der Waals surface area contributed by atoms with Crippen LogP contribution in [0.4, 0.5) is 0 Å². The summed E-state index contributed by atoms with van der Waals surface area (Å²) in [4.78, 5) is 28.2. The van der Waals surface area contributed by atoms with Crippen molar-refractivity contribution < 1.29 is 9.53 Å². The molecule has 0 saturated carbocycles. The molecule has 6 nitrogen and oxygen atoms in total. The molecule has 1 saturated heterocycles. The lowest BCUT2D eigenvalue weighted by atomic mass is 9.95. The number of aromatic nitrogens is 1. The quantitative estimate of drug-likeness (QED) is 0.597. The van der Waals surface area contributed by atoms with Crippen molar-refractivity contribution in [3.63, 3.8) is 0 Å². The monoisotopic (exact) mass is 443 g/mol. The molecule has 2 aliphatic heterocycles. The number of amides is 1. The Morgan fingerprint density at radius 3 is 2.33 bits per heavy atom. The fraction of sp³-hybridized carbons (Fsp3) is 0.333. The number of ether oxygens (including phenoxy) is 1. The molecule has 0 bridgehead atoms. The lowest BCUT2D eigenvalue weighted by molar-refractivity contribution is 0.0577. The van der Waals surface area contributed by atoms with Gasteiger partial charge in [-0.15, -0.1) is 0 Å². The summed E-state index contributed by atoms with van der Waals surface area (Å²) < 4.78 is 7.90. The third kappa shape index (κ3) is 4.01. The van der Waals surface area contributed by atoms with Crippen molar-refractivity contribution in [1.82, 2.24) is 9.58 Å². The fourth-order valence-electron chi connectivity index (χ4n) is 5.04. The van der Waals surface area contributed by atoms with Crippen LogP contribution in [0.5, 0.6) is 5.75 Å². The minimum atomic E-state index is -0.277. The average molecular weight is 444 g/mol. The highest BCUT2D eigenvalue weighted by Crippen LogP contribution is 2.36. The Kier molecular flexibility index (Phi) is 5.90. The van der Waals surface area contributed by atoms with Gasteiger partial charge in [-0.1, -0.05) is 73.5 Å². The maximum absolute atomic E-state index is 13.6. The molecular formula is C27H29N3O3. The summed E-state index contributed by atoms with van der Waals surface area (Å²) in [6, 6.07) is 21.7. The minimum absolute atomic E-state index is 0.0834. The van der Waals surface area contributed by atoms with Gasteiger partial charge in [0.05, 0.1) is 6.04 Å². The SMILES string of the molecule is CN1C(=O)c2c(OCc3ccccc3)c(=O)ccn2N2C(c3ccccc3)CCCCCC12. The summed E-state index contributed by atoms with van der Waals surface area (Å²) in [5, 5.41) is 2.28. The van der Waals surface area contributed by atoms with Gasteiger partial charge in [-0.2, -0.15) is 0 Å². The molecule has 33 heavy (non-hydrogen) atoms. The van der Waals surface area contributed by atoms with Gasteiger partial charge in [0, 0.05) is 19.3 Å². The number of hydrogen-bond donors (Lipinski definition) is 0. The molecule has 2 atom stereocenters. The number of hydrogen-bond acceptors (Lipinski definition) is 4. The van der Waals surface area contributed by atoms with Crippen LogP contribution in [0.3, 0.4) is 0 Å². The lowest BCUT2D eigenvalue weighted by Crippen LogP contribution is -2.61. The molecule has 0 N–H and O–H groups in total. The Hall–Kier alpha value is -3.54. The minimum Gasteiger partial charge on any atom is -0.482 e. The van der Waals surface area contributed by atoms with Crippen LogP contribution in [0.1, 0.15) is 59.8 Å². The van der Waals surface area contributed by atoms with E-state index in [9.17, 15) is 9.59 Å². The van der Waals surface area contributed by atoms with Gasteiger partial charge >= 0.3 is 0 Å². The van der Waals surface area contributed by atoms with E-state index in [4.69, 9.17) is 4.74 Å². The van der Waals surface area contributed by atoms with Crippen molar-refractivity contribution in [3.8, 4) is 5.75 Å². The molecule has 0 spiro atoms. The van der Waals surface area contributed by atoms with Gasteiger partial charge < -0.3 is 9.64 Å². The molecule has 1 aromatic heterocycles. The Labute approximate surface area is 194 Å². The zero-order valence-corrected chi connectivity index (χ0v) is 18.9. The number of pyridine rings is 1. The smallest absolute Gasteiger partial charge is 0.277 e. The fourth-order valence-corrected chi connectivity index (χ4v) is 5.04. The maximum Gasteiger partial charge on any atom is 0.277 e. The van der Waals surface area contributed by atoms with E-state index < -0.39 is 0 Å². The lowest BCUT2D eigenvalue weighted by Gasteiger charge is -2.50. The molecule has 3 aromatic rings. The van der Waals surface area contributed by atoms with Gasteiger partial charge in [-0.25, -0.2) is 0 Å². The highest BCUT2D eigenvalue weighted by Gasteiger charge is 2.41. The second-order valence-corrected chi connectivity index (χ2v) is 8.82. The third-order valence-electron chi connectivity index (χ3n) is 6.73. The number of rotatable bonds is 4. The van der Waals surface area contributed by atoms with Crippen LogP contribution in [0.2, 0.25) is 0 Å². The standard InChI is InChI=1S/C27H29N3O3/c1-28-24-16-10-4-9-15-22(21-13-7-3-8-14-21)30(24)29-18-17-23(31)26(25(29)27(28)32)33-19-20-11-5-2-6-12-20/h2-3,5-8,11-14,17-18,22,24H,4,9-10,15-16,19H2,1H3. The molecule has 2 unspecified atom stereocenters. The van der Waals surface area contributed by atoms with Gasteiger partial charge in [0.25, 0.3) is 5.91 Å². The number of carbonyl (C=O) groups excluding carboxylic acids is 1. The van der Waals surface area contributed by atoms with Gasteiger partial charge in [-0.3, -0.25) is 19.3 Å². The van der Waals surface area contributed by atoms with Crippen LogP contribution in [0, 0.1) is 0 Å². The first-order valence-corrected chi connectivity index (χ1v) is 11.7. The van der Waals surface area contributed by atoms with E-state index in [-0.39, 0.29) is 35.9 Å². The van der Waals surface area contributed by atoms with Crippen LogP contribution in [-0.4, -0.2) is 28.7 Å². The Morgan fingerprint density at radius 2 is 1.58 bits per heavy atom. The zero-order valence-electron chi connectivity index (χ0n) is 18.9. The van der Waals surface area contributed by atoms with Crippen LogP contribution in [-0.2, 0) is 6.61 Å². The molecule has 1 fully saturated rings. The molecule has 2 aromatic carbocycles. The Balaban J connectivity index is 1.61. The molecule has 0 aliphatic carbocycles. The van der Waals surface area contributed by atoms with Crippen LogP contribution < -0.4 is 15.2 Å². The van der Waals surface area contributed by atoms with Crippen molar-refractivity contribution in [2.24, 2.45) is 0 Å². The predicted octanol–water partition coefficient (Wildman–Crippen LogP) is 4.48. The summed E-state index contributed by atoms with van der Waals surface area (Å²) in [6.07, 6.45) is 6.85. The number of nitrogens with zero attached hydrogens (tertiary/aromatic N) is 3. The van der Waals surface area contributed by atoms with E-state index >= 15 is 0 Å². The molecular weight excluding hydrogens is 414 g/mol. The molecule has 3 heterocycles. The van der Waals surface area contributed by atoms with Crippen molar-refractivity contribution >= 4 is 5.91 Å². The van der Waals surface area contributed by atoms with E-state index in [1.807, 2.05) is 48.1 Å². The van der Waals surface area contributed by atoms with E-state index in [0.29, 0.717) is 5.69 Å². The van der Waals surface area contributed by atoms with Gasteiger partial charge in [0.2, 0.25) is 5.43 Å². The molecule has 6 heteroatoms. The summed E-state index contributed by atoms with van der Waals surface area (Å²) >= 11 is 0. The second-order valence-electron chi connectivity index (χ2n) is 8.82. The average Bonchev–Trinajstić information content (AvgIpc) is 2.83. The number of carbonyl (C=O) groups is 1. The van der Waals surface area contributed by atoms with Crippen molar-refractivity contribution in [2.45, 2.75) is 50.9 Å². The van der Waals surface area contributed by atoms with Crippen LogP contribution in [0.25, 0.3) is 0 Å². The van der Waals surface area contributed by atoms with Crippen LogP contribution >= 0.6 is 0 Å². The first-order chi connectivity index (χ1) is 16.1. The molecule has 2 aliphatic rings.